The van der Waals surface area contributed by atoms with Crippen molar-refractivity contribution in [3.8, 4) is 11.5 Å². The van der Waals surface area contributed by atoms with E-state index in [-0.39, 0.29) is 5.84 Å². The quantitative estimate of drug-likeness (QED) is 0.344. The summed E-state index contributed by atoms with van der Waals surface area (Å²) in [4.78, 5) is 0. The molecule has 1 aromatic rings. The number of hydrogen-bond acceptors (Lipinski definition) is 4. The number of ether oxygens (including phenoxy) is 2. The SMILES string of the molecule is CCC(Oc1ccc(OC)cc1)C(N)=NO. The summed E-state index contributed by atoms with van der Waals surface area (Å²) in [7, 11) is 1.60. The van der Waals surface area contributed by atoms with Gasteiger partial charge in [0.15, 0.2) is 11.9 Å². The molecular weight excluding hydrogens is 208 g/mol. The maximum absolute atomic E-state index is 8.56. The van der Waals surface area contributed by atoms with Crippen LogP contribution in [0.15, 0.2) is 29.4 Å². The molecule has 0 saturated heterocycles. The van der Waals surface area contributed by atoms with E-state index < -0.39 is 6.10 Å². The Hall–Kier alpha value is -1.91. The van der Waals surface area contributed by atoms with Gasteiger partial charge in [-0.15, -0.1) is 0 Å². The van der Waals surface area contributed by atoms with Gasteiger partial charge in [0.1, 0.15) is 11.5 Å². The second-order valence-corrected chi connectivity index (χ2v) is 3.22. The summed E-state index contributed by atoms with van der Waals surface area (Å²) >= 11 is 0. The number of oxime groups is 1. The molecule has 0 aliphatic heterocycles. The molecule has 5 nitrogen and oxygen atoms in total. The Morgan fingerprint density at radius 2 is 1.94 bits per heavy atom. The van der Waals surface area contributed by atoms with Gasteiger partial charge < -0.3 is 20.4 Å². The van der Waals surface area contributed by atoms with Crippen LogP contribution in [0.4, 0.5) is 0 Å². The molecule has 0 bridgehead atoms. The highest BCUT2D eigenvalue weighted by molar-refractivity contribution is 5.84. The molecule has 0 spiro atoms. The van der Waals surface area contributed by atoms with E-state index in [0.717, 1.165) is 5.75 Å². The summed E-state index contributed by atoms with van der Waals surface area (Å²) in [6, 6.07) is 7.11. The highest BCUT2D eigenvalue weighted by Crippen LogP contribution is 2.18. The molecule has 0 aliphatic rings. The van der Waals surface area contributed by atoms with Crippen molar-refractivity contribution in [2.24, 2.45) is 10.9 Å². The monoisotopic (exact) mass is 224 g/mol. The Kier molecular flexibility index (Phi) is 4.44. The Labute approximate surface area is 94.5 Å². The van der Waals surface area contributed by atoms with E-state index in [1.165, 1.54) is 0 Å². The molecule has 0 heterocycles. The summed E-state index contributed by atoms with van der Waals surface area (Å²) in [5.74, 6) is 1.47. The van der Waals surface area contributed by atoms with Gasteiger partial charge in [-0.3, -0.25) is 0 Å². The maximum Gasteiger partial charge on any atom is 0.180 e. The summed E-state index contributed by atoms with van der Waals surface area (Å²) in [5, 5.41) is 11.5. The molecule has 0 fully saturated rings. The van der Waals surface area contributed by atoms with Gasteiger partial charge >= 0.3 is 0 Å². The average Bonchev–Trinajstić information content (AvgIpc) is 2.35. The number of hydrogen-bond donors (Lipinski definition) is 2. The Morgan fingerprint density at radius 1 is 1.38 bits per heavy atom. The van der Waals surface area contributed by atoms with Gasteiger partial charge in [-0.2, -0.15) is 0 Å². The van der Waals surface area contributed by atoms with E-state index in [1.54, 1.807) is 31.4 Å². The molecule has 16 heavy (non-hydrogen) atoms. The van der Waals surface area contributed by atoms with Crippen LogP contribution in [0.3, 0.4) is 0 Å². The second-order valence-electron chi connectivity index (χ2n) is 3.22. The van der Waals surface area contributed by atoms with Gasteiger partial charge in [0.25, 0.3) is 0 Å². The zero-order valence-electron chi connectivity index (χ0n) is 9.38. The lowest BCUT2D eigenvalue weighted by molar-refractivity contribution is 0.246. The first-order chi connectivity index (χ1) is 7.71. The number of amidine groups is 1. The number of methoxy groups -OCH3 is 1. The number of rotatable bonds is 5. The lowest BCUT2D eigenvalue weighted by Crippen LogP contribution is -2.33. The predicted molar refractivity (Wildman–Crippen MR) is 61.1 cm³/mol. The molecule has 0 radical (unpaired) electrons. The number of nitrogens with zero attached hydrogens (tertiary/aromatic N) is 1. The molecule has 1 rings (SSSR count). The van der Waals surface area contributed by atoms with Gasteiger partial charge in [0, 0.05) is 0 Å². The topological polar surface area (TPSA) is 77.1 Å². The van der Waals surface area contributed by atoms with E-state index in [9.17, 15) is 0 Å². The van der Waals surface area contributed by atoms with Crippen molar-refractivity contribution in [2.75, 3.05) is 7.11 Å². The van der Waals surface area contributed by atoms with Gasteiger partial charge in [0.2, 0.25) is 0 Å². The fraction of sp³-hybridized carbons (Fsp3) is 0.364. The van der Waals surface area contributed by atoms with Crippen molar-refractivity contribution >= 4 is 5.84 Å². The van der Waals surface area contributed by atoms with Crippen molar-refractivity contribution in [3.63, 3.8) is 0 Å². The van der Waals surface area contributed by atoms with E-state index in [1.807, 2.05) is 6.92 Å². The third-order valence-electron chi connectivity index (χ3n) is 2.15. The van der Waals surface area contributed by atoms with Gasteiger partial charge in [0.05, 0.1) is 7.11 Å². The van der Waals surface area contributed by atoms with E-state index in [4.69, 9.17) is 20.4 Å². The molecule has 0 aliphatic carbocycles. The van der Waals surface area contributed by atoms with Crippen LogP contribution in [0.5, 0.6) is 11.5 Å². The predicted octanol–water partition coefficient (Wildman–Crippen LogP) is 1.60. The average molecular weight is 224 g/mol. The molecule has 0 saturated carbocycles. The lowest BCUT2D eigenvalue weighted by Gasteiger charge is -2.15. The first-order valence-corrected chi connectivity index (χ1v) is 4.99. The summed E-state index contributed by atoms with van der Waals surface area (Å²) in [6.07, 6.45) is 0.209. The van der Waals surface area contributed by atoms with E-state index in [2.05, 4.69) is 5.16 Å². The lowest BCUT2D eigenvalue weighted by atomic mass is 10.2. The standard InChI is InChI=1S/C11H16N2O3/c1-3-10(11(12)13-14)16-9-6-4-8(15-2)5-7-9/h4-7,10,14H,3H2,1-2H3,(H2,12,13). The molecule has 0 amide bonds. The van der Waals surface area contributed by atoms with Crippen LogP contribution >= 0.6 is 0 Å². The summed E-state index contributed by atoms with van der Waals surface area (Å²) in [6.45, 7) is 1.90. The van der Waals surface area contributed by atoms with Crippen molar-refractivity contribution in [1.29, 1.82) is 0 Å². The highest BCUT2D eigenvalue weighted by Gasteiger charge is 2.13. The van der Waals surface area contributed by atoms with Crippen LogP contribution in [0, 0.1) is 0 Å². The van der Waals surface area contributed by atoms with Crippen LogP contribution in [0.25, 0.3) is 0 Å². The van der Waals surface area contributed by atoms with E-state index >= 15 is 0 Å². The molecule has 1 unspecified atom stereocenters. The summed E-state index contributed by atoms with van der Waals surface area (Å²) in [5.41, 5.74) is 5.48. The molecule has 5 heteroatoms. The minimum atomic E-state index is -0.418. The number of nitrogens with two attached hydrogens (primary N) is 1. The van der Waals surface area contributed by atoms with Crippen molar-refractivity contribution in [2.45, 2.75) is 19.4 Å². The Morgan fingerprint density at radius 3 is 2.38 bits per heavy atom. The van der Waals surface area contributed by atoms with Gasteiger partial charge in [-0.25, -0.2) is 0 Å². The molecule has 1 aromatic carbocycles. The van der Waals surface area contributed by atoms with Crippen molar-refractivity contribution in [3.05, 3.63) is 24.3 Å². The molecule has 88 valence electrons. The van der Waals surface area contributed by atoms with Crippen LogP contribution in [0.1, 0.15) is 13.3 Å². The molecule has 0 aromatic heterocycles. The zero-order chi connectivity index (χ0) is 12.0. The first kappa shape index (κ1) is 12.2. The Bertz CT molecular complexity index is 349. The second kappa shape index (κ2) is 5.85. The fourth-order valence-corrected chi connectivity index (χ4v) is 1.24. The smallest absolute Gasteiger partial charge is 0.180 e. The van der Waals surface area contributed by atoms with Gasteiger partial charge in [-0.1, -0.05) is 12.1 Å². The van der Waals surface area contributed by atoms with Crippen LogP contribution < -0.4 is 15.2 Å². The molecular formula is C11H16N2O3. The van der Waals surface area contributed by atoms with E-state index in [0.29, 0.717) is 12.2 Å². The molecule has 1 atom stereocenters. The zero-order valence-corrected chi connectivity index (χ0v) is 9.38. The van der Waals surface area contributed by atoms with Crippen molar-refractivity contribution < 1.29 is 14.7 Å². The third kappa shape index (κ3) is 3.05. The fourth-order valence-electron chi connectivity index (χ4n) is 1.24. The maximum atomic E-state index is 8.56. The van der Waals surface area contributed by atoms with Crippen LogP contribution in [-0.4, -0.2) is 24.3 Å². The third-order valence-corrected chi connectivity index (χ3v) is 2.15. The minimum absolute atomic E-state index is 0.0679. The first-order valence-electron chi connectivity index (χ1n) is 4.99. The minimum Gasteiger partial charge on any atom is -0.497 e. The van der Waals surface area contributed by atoms with Gasteiger partial charge in [-0.05, 0) is 30.7 Å². The van der Waals surface area contributed by atoms with Crippen molar-refractivity contribution in [1.82, 2.24) is 0 Å². The largest absolute Gasteiger partial charge is 0.497 e. The van der Waals surface area contributed by atoms with Crippen LogP contribution in [0.2, 0.25) is 0 Å². The summed E-state index contributed by atoms with van der Waals surface area (Å²) < 4.78 is 10.6. The molecule has 3 N–H and O–H groups in total. The number of benzene rings is 1. The normalized spacial score (nSPS) is 13.2. The Balaban J connectivity index is 2.70. The highest BCUT2D eigenvalue weighted by atomic mass is 16.5. The van der Waals surface area contributed by atoms with Crippen LogP contribution in [-0.2, 0) is 0 Å².